The van der Waals surface area contributed by atoms with Gasteiger partial charge in [-0.2, -0.15) is 0 Å². The average Bonchev–Trinajstić information content (AvgIpc) is 2.37. The summed E-state index contributed by atoms with van der Waals surface area (Å²) in [6.07, 6.45) is 14.3. The average molecular weight is 237 g/mol. The smallest absolute Gasteiger partial charge is 0.0255 e. The van der Waals surface area contributed by atoms with E-state index in [1.165, 1.54) is 50.5 Å². The molecule has 1 unspecified atom stereocenters. The van der Waals surface area contributed by atoms with E-state index in [0.29, 0.717) is 5.92 Å². The van der Waals surface area contributed by atoms with Gasteiger partial charge in [-0.3, -0.25) is 4.99 Å². The lowest BCUT2D eigenvalue weighted by Gasteiger charge is -2.07. The molecule has 0 aromatic carbocycles. The number of allylic oxidation sites excluding steroid dienone is 1. The van der Waals surface area contributed by atoms with Crippen LogP contribution in [-0.2, 0) is 0 Å². The van der Waals surface area contributed by atoms with Gasteiger partial charge < -0.3 is 0 Å². The molecule has 0 radical (unpaired) electrons. The highest BCUT2D eigenvalue weighted by molar-refractivity contribution is 5.61. The predicted molar refractivity (Wildman–Crippen MR) is 79.7 cm³/mol. The summed E-state index contributed by atoms with van der Waals surface area (Å²) < 4.78 is 0. The van der Waals surface area contributed by atoms with E-state index in [0.717, 1.165) is 6.42 Å². The molecule has 0 fully saturated rings. The lowest BCUT2D eigenvalue weighted by atomic mass is 10.0. The van der Waals surface area contributed by atoms with Crippen LogP contribution >= 0.6 is 0 Å². The summed E-state index contributed by atoms with van der Waals surface area (Å²) in [7, 11) is 0. The number of aliphatic imine (C=N–C) groups is 1. The maximum absolute atomic E-state index is 4.53. The van der Waals surface area contributed by atoms with Crippen molar-refractivity contribution in [2.45, 2.75) is 79.1 Å². The van der Waals surface area contributed by atoms with E-state index in [2.05, 4.69) is 45.1 Å². The molecule has 1 nitrogen and oxygen atoms in total. The second-order valence-electron chi connectivity index (χ2n) is 4.85. The van der Waals surface area contributed by atoms with Crippen molar-refractivity contribution in [2.75, 3.05) is 0 Å². The summed E-state index contributed by atoms with van der Waals surface area (Å²) in [6.45, 7) is 8.98. The molecule has 17 heavy (non-hydrogen) atoms. The van der Waals surface area contributed by atoms with Crippen LogP contribution in [0.2, 0.25) is 0 Å². The molecule has 0 saturated carbocycles. The first kappa shape index (κ1) is 16.4. The molecule has 0 aromatic heterocycles. The van der Waals surface area contributed by atoms with Crippen LogP contribution in [0.5, 0.6) is 0 Å². The Kier molecular flexibility index (Phi) is 11.5. The zero-order valence-electron chi connectivity index (χ0n) is 12.3. The molecule has 0 spiro atoms. The topological polar surface area (TPSA) is 12.4 Å². The largest absolute Gasteiger partial charge is 0.269 e. The molecule has 0 N–H and O–H groups in total. The predicted octanol–water partition coefficient (Wildman–Crippen LogP) is 5.76. The SMILES string of the molecule is CCCCC(=CN=CC(CC)CCCC)CC. The number of rotatable bonds is 10. The van der Waals surface area contributed by atoms with Crippen LogP contribution in [0.1, 0.15) is 79.1 Å². The zero-order valence-corrected chi connectivity index (χ0v) is 12.3. The van der Waals surface area contributed by atoms with Crippen LogP contribution in [0.4, 0.5) is 0 Å². The summed E-state index contributed by atoms with van der Waals surface area (Å²) >= 11 is 0. The molecule has 0 aromatic rings. The number of unbranched alkanes of at least 4 members (excludes halogenated alkanes) is 2. The highest BCUT2D eigenvalue weighted by Gasteiger charge is 2.00. The van der Waals surface area contributed by atoms with Crippen molar-refractivity contribution in [1.29, 1.82) is 0 Å². The molecule has 0 heterocycles. The van der Waals surface area contributed by atoms with Crippen molar-refractivity contribution in [3.63, 3.8) is 0 Å². The van der Waals surface area contributed by atoms with Crippen LogP contribution < -0.4 is 0 Å². The van der Waals surface area contributed by atoms with Gasteiger partial charge in [0.05, 0.1) is 0 Å². The second kappa shape index (κ2) is 11.9. The summed E-state index contributed by atoms with van der Waals surface area (Å²) in [4.78, 5) is 4.53. The van der Waals surface area contributed by atoms with Crippen LogP contribution in [0.3, 0.4) is 0 Å². The Bertz CT molecular complexity index is 216. The van der Waals surface area contributed by atoms with Gasteiger partial charge in [-0.1, -0.05) is 52.5 Å². The third-order valence-electron chi connectivity index (χ3n) is 3.31. The molecule has 0 aliphatic heterocycles. The second-order valence-corrected chi connectivity index (χ2v) is 4.85. The van der Waals surface area contributed by atoms with Crippen molar-refractivity contribution in [3.8, 4) is 0 Å². The van der Waals surface area contributed by atoms with E-state index >= 15 is 0 Å². The van der Waals surface area contributed by atoms with E-state index in [1.54, 1.807) is 0 Å². The van der Waals surface area contributed by atoms with Crippen molar-refractivity contribution >= 4 is 6.21 Å². The van der Waals surface area contributed by atoms with Gasteiger partial charge in [0.1, 0.15) is 0 Å². The Labute approximate surface area is 108 Å². The molecule has 0 rings (SSSR count). The fraction of sp³-hybridized carbons (Fsp3) is 0.812. The van der Waals surface area contributed by atoms with E-state index in [4.69, 9.17) is 0 Å². The first-order chi connectivity index (χ1) is 8.28. The first-order valence-corrected chi connectivity index (χ1v) is 7.49. The van der Waals surface area contributed by atoms with Crippen LogP contribution in [0.25, 0.3) is 0 Å². The normalized spacial score (nSPS) is 14.5. The standard InChI is InChI=1S/C16H31N/c1-5-9-11-15(7-3)13-17-14-16(8-4)12-10-6-2/h13-15H,5-12H2,1-4H3. The molecule has 0 bridgehead atoms. The van der Waals surface area contributed by atoms with Crippen molar-refractivity contribution in [1.82, 2.24) is 0 Å². The maximum atomic E-state index is 4.53. The Morgan fingerprint density at radius 2 is 1.76 bits per heavy atom. The zero-order chi connectivity index (χ0) is 12.9. The van der Waals surface area contributed by atoms with Gasteiger partial charge in [-0.25, -0.2) is 0 Å². The molecular weight excluding hydrogens is 206 g/mol. The maximum Gasteiger partial charge on any atom is 0.0255 e. The van der Waals surface area contributed by atoms with Crippen LogP contribution in [0.15, 0.2) is 16.8 Å². The Balaban J connectivity index is 4.11. The Morgan fingerprint density at radius 3 is 2.29 bits per heavy atom. The number of hydrogen-bond donors (Lipinski definition) is 0. The highest BCUT2D eigenvalue weighted by atomic mass is 14.7. The molecule has 1 atom stereocenters. The molecule has 0 saturated heterocycles. The van der Waals surface area contributed by atoms with Gasteiger partial charge in [0, 0.05) is 12.4 Å². The van der Waals surface area contributed by atoms with Crippen molar-refractivity contribution in [3.05, 3.63) is 11.8 Å². The molecule has 1 heteroatoms. The van der Waals surface area contributed by atoms with Gasteiger partial charge in [0.25, 0.3) is 0 Å². The summed E-state index contributed by atoms with van der Waals surface area (Å²) in [6, 6.07) is 0. The fourth-order valence-corrected chi connectivity index (χ4v) is 1.86. The molecule has 0 amide bonds. The first-order valence-electron chi connectivity index (χ1n) is 7.49. The van der Waals surface area contributed by atoms with Gasteiger partial charge in [0.2, 0.25) is 0 Å². The summed E-state index contributed by atoms with van der Waals surface area (Å²) in [5.74, 6) is 0.676. The summed E-state index contributed by atoms with van der Waals surface area (Å²) in [5, 5.41) is 0. The van der Waals surface area contributed by atoms with Crippen LogP contribution in [0, 0.1) is 5.92 Å². The fourth-order valence-electron chi connectivity index (χ4n) is 1.86. The molecule has 0 aliphatic rings. The molecule has 0 aliphatic carbocycles. The third-order valence-corrected chi connectivity index (χ3v) is 3.31. The summed E-state index contributed by atoms with van der Waals surface area (Å²) in [5.41, 5.74) is 1.49. The third kappa shape index (κ3) is 9.14. The highest BCUT2D eigenvalue weighted by Crippen LogP contribution is 2.13. The van der Waals surface area contributed by atoms with Crippen molar-refractivity contribution in [2.24, 2.45) is 10.9 Å². The molecular formula is C16H31N. The van der Waals surface area contributed by atoms with E-state index < -0.39 is 0 Å². The minimum absolute atomic E-state index is 0.676. The van der Waals surface area contributed by atoms with E-state index in [9.17, 15) is 0 Å². The lowest BCUT2D eigenvalue weighted by molar-refractivity contribution is 0.576. The minimum atomic E-state index is 0.676. The van der Waals surface area contributed by atoms with Crippen molar-refractivity contribution < 1.29 is 0 Å². The van der Waals surface area contributed by atoms with Crippen LogP contribution in [-0.4, -0.2) is 6.21 Å². The van der Waals surface area contributed by atoms with Gasteiger partial charge in [0.15, 0.2) is 0 Å². The van der Waals surface area contributed by atoms with E-state index in [-0.39, 0.29) is 0 Å². The van der Waals surface area contributed by atoms with E-state index in [1.807, 2.05) is 0 Å². The lowest BCUT2D eigenvalue weighted by Crippen LogP contribution is -1.99. The molecule has 100 valence electrons. The number of hydrogen-bond acceptors (Lipinski definition) is 1. The minimum Gasteiger partial charge on any atom is -0.269 e. The monoisotopic (exact) mass is 237 g/mol. The Hall–Kier alpha value is -0.590. The Morgan fingerprint density at radius 1 is 1.06 bits per heavy atom. The van der Waals surface area contributed by atoms with Gasteiger partial charge in [-0.15, -0.1) is 0 Å². The number of nitrogens with zero attached hydrogens (tertiary/aromatic N) is 1. The quantitative estimate of drug-likeness (QED) is 0.428. The van der Waals surface area contributed by atoms with Gasteiger partial charge in [-0.05, 0) is 38.0 Å². The van der Waals surface area contributed by atoms with Gasteiger partial charge >= 0.3 is 0 Å².